The molecule has 0 aliphatic heterocycles. The van der Waals surface area contributed by atoms with E-state index in [0.717, 1.165) is 47.2 Å². The van der Waals surface area contributed by atoms with Crippen molar-refractivity contribution in [1.29, 1.82) is 0 Å². The van der Waals surface area contributed by atoms with E-state index in [0.29, 0.717) is 12.6 Å². The van der Waals surface area contributed by atoms with E-state index >= 15 is 0 Å². The van der Waals surface area contributed by atoms with Crippen LogP contribution in [0.15, 0.2) is 45.3 Å². The summed E-state index contributed by atoms with van der Waals surface area (Å²) in [5, 5.41) is 12.5. The van der Waals surface area contributed by atoms with Gasteiger partial charge in [-0.1, -0.05) is 28.1 Å². The summed E-state index contributed by atoms with van der Waals surface area (Å²) in [6.07, 6.45) is 3.34. The van der Waals surface area contributed by atoms with Gasteiger partial charge in [-0.15, -0.1) is 0 Å². The minimum absolute atomic E-state index is 0.167. The fourth-order valence-electron chi connectivity index (χ4n) is 3.06. The Labute approximate surface area is 144 Å². The summed E-state index contributed by atoms with van der Waals surface area (Å²) in [7, 11) is 0. The summed E-state index contributed by atoms with van der Waals surface area (Å²) in [4.78, 5) is 11.0. The van der Waals surface area contributed by atoms with Crippen molar-refractivity contribution >= 4 is 21.9 Å². The molecule has 1 aliphatic carbocycles. The minimum atomic E-state index is -0.659. The van der Waals surface area contributed by atoms with Crippen molar-refractivity contribution in [2.45, 2.75) is 38.3 Å². The van der Waals surface area contributed by atoms with E-state index < -0.39 is 5.97 Å². The van der Waals surface area contributed by atoms with Gasteiger partial charge in [0.1, 0.15) is 11.5 Å². The van der Waals surface area contributed by atoms with Gasteiger partial charge in [-0.2, -0.15) is 0 Å². The van der Waals surface area contributed by atoms with Gasteiger partial charge in [-0.3, -0.25) is 4.79 Å². The monoisotopic (exact) mass is 377 g/mol. The summed E-state index contributed by atoms with van der Waals surface area (Å²) < 4.78 is 6.93. The zero-order valence-electron chi connectivity index (χ0n) is 12.8. The predicted molar refractivity (Wildman–Crippen MR) is 92.1 cm³/mol. The van der Waals surface area contributed by atoms with Crippen molar-refractivity contribution in [2.75, 3.05) is 0 Å². The molecule has 122 valence electrons. The smallest absolute Gasteiger partial charge is 0.306 e. The van der Waals surface area contributed by atoms with Crippen molar-refractivity contribution in [3.8, 4) is 11.3 Å². The van der Waals surface area contributed by atoms with Gasteiger partial charge in [0.05, 0.1) is 12.5 Å². The molecule has 2 N–H and O–H groups in total. The molecule has 23 heavy (non-hydrogen) atoms. The number of hydrogen-bond donors (Lipinski definition) is 2. The summed E-state index contributed by atoms with van der Waals surface area (Å²) >= 11 is 3.47. The molecule has 0 spiro atoms. The van der Waals surface area contributed by atoms with Gasteiger partial charge in [-0.25, -0.2) is 0 Å². The molecule has 3 rings (SSSR count). The maximum atomic E-state index is 11.0. The number of rotatable bonds is 5. The highest BCUT2D eigenvalue weighted by Crippen LogP contribution is 2.26. The van der Waals surface area contributed by atoms with E-state index in [9.17, 15) is 4.79 Å². The van der Waals surface area contributed by atoms with Crippen LogP contribution in [0.3, 0.4) is 0 Å². The van der Waals surface area contributed by atoms with Crippen LogP contribution in [0.4, 0.5) is 0 Å². The first-order valence-electron chi connectivity index (χ1n) is 7.92. The largest absolute Gasteiger partial charge is 0.481 e. The number of carboxylic acid groups (broad SMARTS) is 1. The Kier molecular flexibility index (Phi) is 5.18. The Balaban J connectivity index is 1.53. The number of furan rings is 1. The zero-order valence-corrected chi connectivity index (χ0v) is 14.4. The maximum Gasteiger partial charge on any atom is 0.306 e. The number of hydrogen-bond acceptors (Lipinski definition) is 3. The second-order valence-corrected chi connectivity index (χ2v) is 6.96. The molecule has 4 nitrogen and oxygen atoms in total. The molecule has 1 aromatic heterocycles. The van der Waals surface area contributed by atoms with Crippen molar-refractivity contribution in [1.82, 2.24) is 5.32 Å². The molecule has 1 aliphatic rings. The Morgan fingerprint density at radius 1 is 1.22 bits per heavy atom. The molecular weight excluding hydrogens is 358 g/mol. The fourth-order valence-corrected chi connectivity index (χ4v) is 3.46. The molecule has 0 amide bonds. The van der Waals surface area contributed by atoms with Crippen molar-refractivity contribution in [3.63, 3.8) is 0 Å². The van der Waals surface area contributed by atoms with E-state index in [1.54, 1.807) is 0 Å². The average Bonchev–Trinajstić information content (AvgIpc) is 3.02. The molecule has 0 unspecified atom stereocenters. The van der Waals surface area contributed by atoms with E-state index in [4.69, 9.17) is 9.52 Å². The third kappa shape index (κ3) is 4.24. The van der Waals surface area contributed by atoms with Gasteiger partial charge in [-0.05, 0) is 49.9 Å². The lowest BCUT2D eigenvalue weighted by Crippen LogP contribution is -2.34. The second kappa shape index (κ2) is 7.32. The van der Waals surface area contributed by atoms with Crippen molar-refractivity contribution in [3.05, 3.63) is 46.6 Å². The van der Waals surface area contributed by atoms with Gasteiger partial charge in [0.25, 0.3) is 0 Å². The number of halogens is 1. The van der Waals surface area contributed by atoms with Crippen LogP contribution in [0.25, 0.3) is 11.3 Å². The lowest BCUT2D eigenvalue weighted by molar-refractivity contribution is -0.142. The summed E-state index contributed by atoms with van der Waals surface area (Å²) in [6, 6.07) is 12.4. The van der Waals surface area contributed by atoms with Crippen LogP contribution in [0.2, 0.25) is 0 Å². The first kappa shape index (κ1) is 16.3. The number of nitrogens with one attached hydrogen (secondary N) is 1. The second-order valence-electron chi connectivity index (χ2n) is 6.04. The highest BCUT2D eigenvalue weighted by molar-refractivity contribution is 9.10. The van der Waals surface area contributed by atoms with E-state index in [2.05, 4.69) is 21.2 Å². The predicted octanol–water partition coefficient (Wildman–Crippen LogP) is 4.44. The number of carbonyl (C=O) groups is 1. The topological polar surface area (TPSA) is 62.5 Å². The van der Waals surface area contributed by atoms with Gasteiger partial charge >= 0.3 is 5.97 Å². The first-order chi connectivity index (χ1) is 11.1. The maximum absolute atomic E-state index is 11.0. The molecule has 5 heteroatoms. The number of carboxylic acids is 1. The standard InChI is InChI=1S/C18H20BrNO3/c19-14-3-1-2-13(10-14)17-9-8-16(23-17)11-20-15-6-4-12(5-7-15)18(21)22/h1-3,8-10,12,15,20H,4-7,11H2,(H,21,22). The lowest BCUT2D eigenvalue weighted by atomic mass is 9.86. The Hall–Kier alpha value is -1.59. The average molecular weight is 378 g/mol. The molecule has 1 fully saturated rings. The third-order valence-electron chi connectivity index (χ3n) is 4.41. The fraction of sp³-hybridized carbons (Fsp3) is 0.389. The van der Waals surface area contributed by atoms with Crippen LogP contribution in [0.1, 0.15) is 31.4 Å². The van der Waals surface area contributed by atoms with Gasteiger partial charge in [0.2, 0.25) is 0 Å². The van der Waals surface area contributed by atoms with Crippen LogP contribution in [-0.2, 0) is 11.3 Å². The number of benzene rings is 1. The zero-order chi connectivity index (χ0) is 16.2. The molecular formula is C18H20BrNO3. The van der Waals surface area contributed by atoms with E-state index in [1.807, 2.05) is 36.4 Å². The minimum Gasteiger partial charge on any atom is -0.481 e. The van der Waals surface area contributed by atoms with Crippen LogP contribution in [-0.4, -0.2) is 17.1 Å². The van der Waals surface area contributed by atoms with E-state index in [1.165, 1.54) is 0 Å². The Morgan fingerprint density at radius 2 is 2.00 bits per heavy atom. The molecule has 1 heterocycles. The van der Waals surface area contributed by atoms with E-state index in [-0.39, 0.29) is 5.92 Å². The molecule has 1 aromatic carbocycles. The van der Waals surface area contributed by atoms with Gasteiger partial charge in [0.15, 0.2) is 0 Å². The lowest BCUT2D eigenvalue weighted by Gasteiger charge is -2.26. The van der Waals surface area contributed by atoms with Crippen LogP contribution in [0.5, 0.6) is 0 Å². The summed E-state index contributed by atoms with van der Waals surface area (Å²) in [5.41, 5.74) is 1.05. The summed E-state index contributed by atoms with van der Waals surface area (Å²) in [5.74, 6) is 0.936. The SMILES string of the molecule is O=C(O)C1CCC(NCc2ccc(-c3cccc(Br)c3)o2)CC1. The molecule has 2 aromatic rings. The number of aliphatic carboxylic acids is 1. The highest BCUT2D eigenvalue weighted by atomic mass is 79.9. The van der Waals surface area contributed by atoms with Gasteiger partial charge in [0, 0.05) is 16.1 Å². The molecule has 0 saturated heterocycles. The van der Waals surface area contributed by atoms with Crippen molar-refractivity contribution < 1.29 is 14.3 Å². The van der Waals surface area contributed by atoms with Gasteiger partial charge < -0.3 is 14.8 Å². The molecule has 0 bridgehead atoms. The summed E-state index contributed by atoms with van der Waals surface area (Å²) in [6.45, 7) is 0.677. The van der Waals surface area contributed by atoms with Crippen LogP contribution < -0.4 is 5.32 Å². The molecule has 0 atom stereocenters. The molecule has 0 radical (unpaired) electrons. The Bertz CT molecular complexity index is 674. The van der Waals surface area contributed by atoms with Crippen molar-refractivity contribution in [2.24, 2.45) is 5.92 Å². The first-order valence-corrected chi connectivity index (χ1v) is 8.72. The molecule has 1 saturated carbocycles. The quantitative estimate of drug-likeness (QED) is 0.808. The Morgan fingerprint density at radius 3 is 2.70 bits per heavy atom. The third-order valence-corrected chi connectivity index (χ3v) is 4.91. The van der Waals surface area contributed by atoms with Crippen LogP contribution in [0, 0.1) is 5.92 Å². The highest BCUT2D eigenvalue weighted by Gasteiger charge is 2.25. The normalized spacial score (nSPS) is 21.3. The van der Waals surface area contributed by atoms with Crippen LogP contribution >= 0.6 is 15.9 Å².